The molecule has 1 aliphatic rings. The summed E-state index contributed by atoms with van der Waals surface area (Å²) in [6.45, 7) is 2.80. The van der Waals surface area contributed by atoms with Crippen LogP contribution in [0.25, 0.3) is 11.1 Å². The minimum Gasteiger partial charge on any atom is -0.508 e. The van der Waals surface area contributed by atoms with E-state index >= 15 is 0 Å². The number of carbonyl (C=O) groups is 2. The van der Waals surface area contributed by atoms with E-state index in [4.69, 9.17) is 4.74 Å². The van der Waals surface area contributed by atoms with E-state index in [2.05, 4.69) is 10.2 Å². The van der Waals surface area contributed by atoms with Gasteiger partial charge in [0.05, 0.1) is 7.11 Å². The van der Waals surface area contributed by atoms with E-state index in [-0.39, 0.29) is 17.6 Å². The summed E-state index contributed by atoms with van der Waals surface area (Å²) in [5.41, 5.74) is 5.40. The number of phenols is 1. The van der Waals surface area contributed by atoms with Crippen molar-refractivity contribution < 1.29 is 19.4 Å². The predicted molar refractivity (Wildman–Crippen MR) is 158 cm³/mol. The van der Waals surface area contributed by atoms with Gasteiger partial charge in [-0.3, -0.25) is 9.59 Å². The standard InChI is InChI=1S/C33H33N3O4/c1-40-30-16-12-27(13-17-30)34-33(39)25-9-14-28(15-10-25)35-19-21-36(22-20-35)32(38)18-11-24-5-2-3-8-31(24)26-6-4-7-29(37)23-26/h2-10,12-17,23,37H,11,18-22H2,1H3,(H,34,39). The van der Waals surface area contributed by atoms with Crippen LogP contribution in [0.15, 0.2) is 97.1 Å². The molecule has 0 bridgehead atoms. The van der Waals surface area contributed by atoms with E-state index < -0.39 is 0 Å². The lowest BCUT2D eigenvalue weighted by atomic mass is 9.96. The van der Waals surface area contributed by atoms with Crippen molar-refractivity contribution >= 4 is 23.2 Å². The van der Waals surface area contributed by atoms with Crippen LogP contribution in [-0.2, 0) is 11.2 Å². The number of ether oxygens (including phenoxy) is 1. The summed E-state index contributed by atoms with van der Waals surface area (Å²) >= 11 is 0. The van der Waals surface area contributed by atoms with Crippen LogP contribution in [0.2, 0.25) is 0 Å². The number of rotatable bonds is 8. The Labute approximate surface area is 234 Å². The van der Waals surface area contributed by atoms with Gasteiger partial charge in [-0.1, -0.05) is 36.4 Å². The number of amides is 2. The number of hydrogen-bond donors (Lipinski definition) is 2. The highest BCUT2D eigenvalue weighted by Crippen LogP contribution is 2.28. The number of phenolic OH excluding ortho intramolecular Hbond substituents is 1. The maximum absolute atomic E-state index is 13.0. The molecule has 7 nitrogen and oxygen atoms in total. The number of piperazine rings is 1. The number of nitrogens with zero attached hydrogens (tertiary/aromatic N) is 2. The largest absolute Gasteiger partial charge is 0.508 e. The van der Waals surface area contributed by atoms with Gasteiger partial charge in [0.1, 0.15) is 11.5 Å². The van der Waals surface area contributed by atoms with E-state index in [1.807, 2.05) is 65.6 Å². The van der Waals surface area contributed by atoms with E-state index in [1.54, 1.807) is 43.5 Å². The molecule has 1 fully saturated rings. The van der Waals surface area contributed by atoms with Gasteiger partial charge >= 0.3 is 0 Å². The third-order valence-electron chi connectivity index (χ3n) is 7.26. The van der Waals surface area contributed by atoms with Gasteiger partial charge in [0.2, 0.25) is 5.91 Å². The number of aryl methyl sites for hydroxylation is 1. The Morgan fingerprint density at radius 3 is 2.27 bits per heavy atom. The smallest absolute Gasteiger partial charge is 0.255 e. The molecule has 4 aromatic carbocycles. The summed E-state index contributed by atoms with van der Waals surface area (Å²) in [7, 11) is 1.61. The zero-order valence-corrected chi connectivity index (χ0v) is 22.5. The second-order valence-corrected chi connectivity index (χ2v) is 9.80. The summed E-state index contributed by atoms with van der Waals surface area (Å²) in [5, 5.41) is 12.8. The van der Waals surface area contributed by atoms with Gasteiger partial charge < -0.3 is 25.0 Å². The number of methoxy groups -OCH3 is 1. The van der Waals surface area contributed by atoms with Crippen molar-refractivity contribution in [2.45, 2.75) is 12.8 Å². The van der Waals surface area contributed by atoms with Crippen molar-refractivity contribution in [2.75, 3.05) is 43.5 Å². The van der Waals surface area contributed by atoms with Gasteiger partial charge in [-0.05, 0) is 83.8 Å². The summed E-state index contributed by atoms with van der Waals surface area (Å²) in [6.07, 6.45) is 1.08. The monoisotopic (exact) mass is 535 g/mol. The van der Waals surface area contributed by atoms with Crippen LogP contribution in [0, 0.1) is 0 Å². The number of anilines is 2. The minimum atomic E-state index is -0.169. The molecule has 1 saturated heterocycles. The average Bonchev–Trinajstić information content (AvgIpc) is 3.00. The molecule has 7 heteroatoms. The second kappa shape index (κ2) is 12.4. The summed E-state index contributed by atoms with van der Waals surface area (Å²) < 4.78 is 5.16. The van der Waals surface area contributed by atoms with Gasteiger partial charge in [-0.2, -0.15) is 0 Å². The molecule has 0 radical (unpaired) electrons. The lowest BCUT2D eigenvalue weighted by molar-refractivity contribution is -0.131. The highest BCUT2D eigenvalue weighted by Gasteiger charge is 2.22. The molecule has 40 heavy (non-hydrogen) atoms. The molecule has 0 spiro atoms. The molecule has 0 aromatic heterocycles. The second-order valence-electron chi connectivity index (χ2n) is 9.80. The summed E-state index contributed by atoms with van der Waals surface area (Å²) in [5.74, 6) is 0.945. The zero-order chi connectivity index (χ0) is 27.9. The minimum absolute atomic E-state index is 0.149. The van der Waals surface area contributed by atoms with Gasteiger partial charge in [-0.25, -0.2) is 0 Å². The SMILES string of the molecule is COc1ccc(NC(=O)c2ccc(N3CCN(C(=O)CCc4ccccc4-c4cccc(O)c4)CC3)cc2)cc1. The fraction of sp³-hybridized carbons (Fsp3) is 0.212. The molecule has 0 unspecified atom stereocenters. The zero-order valence-electron chi connectivity index (χ0n) is 22.5. The number of nitrogens with one attached hydrogen (secondary N) is 1. The Morgan fingerprint density at radius 2 is 1.57 bits per heavy atom. The van der Waals surface area contributed by atoms with Gasteiger partial charge in [-0.15, -0.1) is 0 Å². The van der Waals surface area contributed by atoms with Gasteiger partial charge in [0.25, 0.3) is 5.91 Å². The van der Waals surface area contributed by atoms with Crippen LogP contribution in [0.5, 0.6) is 11.5 Å². The molecule has 1 heterocycles. The van der Waals surface area contributed by atoms with Crippen LogP contribution in [0.1, 0.15) is 22.3 Å². The Hall–Kier alpha value is -4.78. The molecule has 204 valence electrons. The maximum Gasteiger partial charge on any atom is 0.255 e. The quantitative estimate of drug-likeness (QED) is 0.307. The first-order chi connectivity index (χ1) is 19.5. The maximum atomic E-state index is 13.0. The predicted octanol–water partition coefficient (Wildman–Crippen LogP) is 5.60. The van der Waals surface area contributed by atoms with Crippen LogP contribution < -0.4 is 15.0 Å². The summed E-state index contributed by atoms with van der Waals surface area (Å²) in [6, 6.07) is 30.0. The highest BCUT2D eigenvalue weighted by atomic mass is 16.5. The third-order valence-corrected chi connectivity index (χ3v) is 7.26. The number of carbonyl (C=O) groups excluding carboxylic acids is 2. The van der Waals surface area contributed by atoms with Crippen LogP contribution >= 0.6 is 0 Å². The highest BCUT2D eigenvalue weighted by molar-refractivity contribution is 6.04. The first-order valence-corrected chi connectivity index (χ1v) is 13.5. The van der Waals surface area contributed by atoms with Crippen molar-refractivity contribution in [2.24, 2.45) is 0 Å². The molecule has 1 aliphatic heterocycles. The topological polar surface area (TPSA) is 82.1 Å². The Morgan fingerprint density at radius 1 is 0.850 bits per heavy atom. The molecule has 4 aromatic rings. The van der Waals surface area contributed by atoms with Gasteiger partial charge in [0, 0.05) is 49.5 Å². The van der Waals surface area contributed by atoms with Gasteiger partial charge in [0.15, 0.2) is 0 Å². The summed E-state index contributed by atoms with van der Waals surface area (Å²) in [4.78, 5) is 29.9. The Bertz CT molecular complexity index is 1460. The van der Waals surface area contributed by atoms with E-state index in [0.29, 0.717) is 37.2 Å². The van der Waals surface area contributed by atoms with Crippen molar-refractivity contribution in [1.29, 1.82) is 0 Å². The number of benzene rings is 4. The number of aromatic hydroxyl groups is 1. The lowest BCUT2D eigenvalue weighted by Gasteiger charge is -2.36. The Kier molecular flexibility index (Phi) is 8.30. The Balaban J connectivity index is 1.12. The molecule has 0 aliphatic carbocycles. The van der Waals surface area contributed by atoms with Crippen LogP contribution in [0.4, 0.5) is 11.4 Å². The van der Waals surface area contributed by atoms with Crippen molar-refractivity contribution in [1.82, 2.24) is 4.90 Å². The molecule has 2 N–H and O–H groups in total. The lowest BCUT2D eigenvalue weighted by Crippen LogP contribution is -2.48. The molecule has 0 atom stereocenters. The fourth-order valence-corrected chi connectivity index (χ4v) is 5.01. The van der Waals surface area contributed by atoms with Crippen molar-refractivity contribution in [3.05, 3.63) is 108 Å². The molecule has 2 amide bonds. The van der Waals surface area contributed by atoms with Crippen LogP contribution in [-0.4, -0.2) is 55.1 Å². The first kappa shape index (κ1) is 26.8. The average molecular weight is 536 g/mol. The molecule has 0 saturated carbocycles. The third kappa shape index (κ3) is 6.43. The molecule has 5 rings (SSSR count). The first-order valence-electron chi connectivity index (χ1n) is 13.5. The molecular weight excluding hydrogens is 502 g/mol. The fourth-order valence-electron chi connectivity index (χ4n) is 5.01. The molecular formula is C33H33N3O4. The van der Waals surface area contributed by atoms with Crippen molar-refractivity contribution in [3.63, 3.8) is 0 Å². The van der Waals surface area contributed by atoms with Crippen LogP contribution in [0.3, 0.4) is 0 Å². The number of hydrogen-bond acceptors (Lipinski definition) is 5. The normalized spacial score (nSPS) is 13.1. The van der Waals surface area contributed by atoms with E-state index in [9.17, 15) is 14.7 Å². The van der Waals surface area contributed by atoms with E-state index in [1.165, 1.54) is 0 Å². The van der Waals surface area contributed by atoms with Crippen molar-refractivity contribution in [3.8, 4) is 22.6 Å². The van der Waals surface area contributed by atoms with E-state index in [0.717, 1.165) is 41.2 Å².